The highest BCUT2D eigenvalue weighted by atomic mass is 16.3. The van der Waals surface area contributed by atoms with E-state index in [9.17, 15) is 0 Å². The number of rotatable bonds is 2. The van der Waals surface area contributed by atoms with Crippen molar-refractivity contribution in [1.82, 2.24) is 0 Å². The van der Waals surface area contributed by atoms with Crippen molar-refractivity contribution in [3.05, 3.63) is 155 Å². The Morgan fingerprint density at radius 3 is 1.64 bits per heavy atom. The molecule has 2 aliphatic rings. The number of furan rings is 1. The van der Waals surface area contributed by atoms with Crippen LogP contribution in [0.4, 0.5) is 11.4 Å². The Morgan fingerprint density at radius 1 is 0.447 bits per heavy atom. The SMILES string of the molecule is CC(C)(C)c1ccc2c(c1)C1(c3ccccc3-c3ccc(Nc4ccc5oc6ccccc6c5c4)cc31)c1cc(C(C)(C)C)ccc1-2. The van der Waals surface area contributed by atoms with Crippen LogP contribution in [0.3, 0.4) is 0 Å². The summed E-state index contributed by atoms with van der Waals surface area (Å²) in [7, 11) is 0. The lowest BCUT2D eigenvalue weighted by Gasteiger charge is -2.33. The van der Waals surface area contributed by atoms with E-state index in [1.54, 1.807) is 0 Å². The topological polar surface area (TPSA) is 25.2 Å². The first-order chi connectivity index (χ1) is 22.5. The van der Waals surface area contributed by atoms with E-state index >= 15 is 0 Å². The third-order valence-corrected chi connectivity index (χ3v) is 10.6. The molecular formula is C45H39NO. The molecule has 0 bridgehead atoms. The smallest absolute Gasteiger partial charge is 0.135 e. The molecule has 0 amide bonds. The first kappa shape index (κ1) is 28.2. The summed E-state index contributed by atoms with van der Waals surface area (Å²) in [5, 5.41) is 6.05. The molecule has 1 heterocycles. The summed E-state index contributed by atoms with van der Waals surface area (Å²) in [5.41, 5.74) is 17.1. The molecule has 0 aliphatic heterocycles. The first-order valence-corrected chi connectivity index (χ1v) is 16.8. The van der Waals surface area contributed by atoms with Crippen molar-refractivity contribution in [1.29, 1.82) is 0 Å². The van der Waals surface area contributed by atoms with Gasteiger partial charge in [-0.3, -0.25) is 0 Å². The average Bonchev–Trinajstić information content (AvgIpc) is 3.67. The highest BCUT2D eigenvalue weighted by Crippen LogP contribution is 2.63. The third kappa shape index (κ3) is 3.97. The van der Waals surface area contributed by atoms with E-state index in [0.29, 0.717) is 0 Å². The number of fused-ring (bicyclic) bond motifs is 13. The molecule has 47 heavy (non-hydrogen) atoms. The Labute approximate surface area is 277 Å². The zero-order valence-electron chi connectivity index (χ0n) is 28.0. The van der Waals surface area contributed by atoms with Crippen molar-refractivity contribution in [3.8, 4) is 22.3 Å². The van der Waals surface area contributed by atoms with Crippen molar-refractivity contribution < 1.29 is 4.42 Å². The monoisotopic (exact) mass is 609 g/mol. The minimum Gasteiger partial charge on any atom is -0.456 e. The molecule has 0 unspecified atom stereocenters. The molecule has 0 saturated carbocycles. The normalized spacial score (nSPS) is 14.3. The molecule has 2 nitrogen and oxygen atoms in total. The molecule has 7 aromatic rings. The molecule has 6 aromatic carbocycles. The van der Waals surface area contributed by atoms with Crippen molar-refractivity contribution >= 4 is 33.3 Å². The maximum atomic E-state index is 6.12. The van der Waals surface area contributed by atoms with Crippen LogP contribution in [0.2, 0.25) is 0 Å². The molecule has 0 radical (unpaired) electrons. The quantitative estimate of drug-likeness (QED) is 0.211. The van der Waals surface area contributed by atoms with Gasteiger partial charge in [-0.1, -0.05) is 126 Å². The summed E-state index contributed by atoms with van der Waals surface area (Å²) < 4.78 is 6.12. The summed E-state index contributed by atoms with van der Waals surface area (Å²) in [5.74, 6) is 0. The van der Waals surface area contributed by atoms with Gasteiger partial charge >= 0.3 is 0 Å². The van der Waals surface area contributed by atoms with Gasteiger partial charge in [0.05, 0.1) is 5.41 Å². The van der Waals surface area contributed by atoms with Gasteiger partial charge in [-0.15, -0.1) is 0 Å². The van der Waals surface area contributed by atoms with Crippen LogP contribution in [0, 0.1) is 0 Å². The Hall–Kier alpha value is -5.08. The molecule has 2 heteroatoms. The van der Waals surface area contributed by atoms with Gasteiger partial charge in [0, 0.05) is 22.1 Å². The lowest BCUT2D eigenvalue weighted by atomic mass is 9.68. The number of nitrogens with one attached hydrogen (secondary N) is 1. The maximum Gasteiger partial charge on any atom is 0.135 e. The van der Waals surface area contributed by atoms with Crippen LogP contribution >= 0.6 is 0 Å². The molecule has 9 rings (SSSR count). The number of benzene rings is 6. The van der Waals surface area contributed by atoms with Gasteiger partial charge in [0.2, 0.25) is 0 Å². The van der Waals surface area contributed by atoms with E-state index in [4.69, 9.17) is 4.42 Å². The second-order valence-corrected chi connectivity index (χ2v) is 15.5. The highest BCUT2D eigenvalue weighted by molar-refractivity contribution is 6.06. The summed E-state index contributed by atoms with van der Waals surface area (Å²) in [4.78, 5) is 0. The number of para-hydroxylation sites is 1. The van der Waals surface area contributed by atoms with Crippen LogP contribution in [0.1, 0.15) is 74.9 Å². The minimum absolute atomic E-state index is 0.0296. The van der Waals surface area contributed by atoms with E-state index in [2.05, 4.69) is 156 Å². The van der Waals surface area contributed by atoms with Gasteiger partial charge in [-0.25, -0.2) is 0 Å². The van der Waals surface area contributed by atoms with E-state index in [1.807, 2.05) is 12.1 Å². The van der Waals surface area contributed by atoms with Crippen molar-refractivity contribution in [2.75, 3.05) is 5.32 Å². The largest absolute Gasteiger partial charge is 0.456 e. The zero-order chi connectivity index (χ0) is 32.3. The molecule has 0 atom stereocenters. The zero-order valence-corrected chi connectivity index (χ0v) is 28.0. The second kappa shape index (κ2) is 9.48. The van der Waals surface area contributed by atoms with Crippen LogP contribution in [0.25, 0.3) is 44.2 Å². The summed E-state index contributed by atoms with van der Waals surface area (Å²) in [6.45, 7) is 13.9. The molecule has 1 N–H and O–H groups in total. The van der Waals surface area contributed by atoms with Crippen LogP contribution in [0.5, 0.6) is 0 Å². The fraction of sp³-hybridized carbons (Fsp3) is 0.200. The average molecular weight is 610 g/mol. The van der Waals surface area contributed by atoms with Crippen LogP contribution in [0.15, 0.2) is 126 Å². The molecular weight excluding hydrogens is 571 g/mol. The number of hydrogen-bond acceptors (Lipinski definition) is 2. The summed E-state index contributed by atoms with van der Waals surface area (Å²) in [6, 6.07) is 45.2. The van der Waals surface area contributed by atoms with Crippen LogP contribution in [-0.4, -0.2) is 0 Å². The van der Waals surface area contributed by atoms with Crippen molar-refractivity contribution in [2.45, 2.75) is 57.8 Å². The maximum absolute atomic E-state index is 6.12. The first-order valence-electron chi connectivity index (χ1n) is 16.8. The van der Waals surface area contributed by atoms with Gasteiger partial charge in [0.15, 0.2) is 0 Å². The molecule has 0 saturated heterocycles. The van der Waals surface area contributed by atoms with E-state index in [0.717, 1.165) is 33.3 Å². The number of hydrogen-bond donors (Lipinski definition) is 1. The van der Waals surface area contributed by atoms with Crippen molar-refractivity contribution in [2.24, 2.45) is 0 Å². The van der Waals surface area contributed by atoms with E-state index < -0.39 is 5.41 Å². The van der Waals surface area contributed by atoms with Crippen molar-refractivity contribution in [3.63, 3.8) is 0 Å². The van der Waals surface area contributed by atoms with E-state index in [-0.39, 0.29) is 10.8 Å². The highest BCUT2D eigenvalue weighted by Gasteiger charge is 2.52. The lowest BCUT2D eigenvalue weighted by Crippen LogP contribution is -2.27. The third-order valence-electron chi connectivity index (χ3n) is 10.6. The van der Waals surface area contributed by atoms with Gasteiger partial charge in [-0.05, 0) is 103 Å². The molecule has 230 valence electrons. The molecule has 1 spiro atoms. The fourth-order valence-electron chi connectivity index (χ4n) is 8.16. The van der Waals surface area contributed by atoms with Crippen LogP contribution in [-0.2, 0) is 16.2 Å². The standard InChI is InChI=1S/C45H39NO/c1-43(2,3)27-15-19-32-33-20-16-28(44(4,5)6)24-39(33)45(38(32)23-27)37-13-9-7-11-31(37)34-21-17-30(26-40(34)45)46-29-18-22-42-36(25-29)35-12-8-10-14-41(35)47-42/h7-26,46H,1-6H3. The van der Waals surface area contributed by atoms with E-state index in [1.165, 1.54) is 55.6 Å². The molecule has 2 aliphatic carbocycles. The molecule has 1 aromatic heterocycles. The van der Waals surface area contributed by atoms with Gasteiger partial charge in [0.25, 0.3) is 0 Å². The van der Waals surface area contributed by atoms with Crippen LogP contribution < -0.4 is 5.32 Å². The van der Waals surface area contributed by atoms with Gasteiger partial charge < -0.3 is 9.73 Å². The van der Waals surface area contributed by atoms with Gasteiger partial charge in [-0.2, -0.15) is 0 Å². The summed E-state index contributed by atoms with van der Waals surface area (Å²) in [6.07, 6.45) is 0. The van der Waals surface area contributed by atoms with Gasteiger partial charge in [0.1, 0.15) is 11.2 Å². The predicted molar refractivity (Wildman–Crippen MR) is 197 cm³/mol. The summed E-state index contributed by atoms with van der Waals surface area (Å²) >= 11 is 0. The minimum atomic E-state index is -0.415. The Morgan fingerprint density at radius 2 is 0.957 bits per heavy atom. The Balaban J connectivity index is 1.29. The fourth-order valence-corrected chi connectivity index (χ4v) is 8.16. The molecule has 0 fully saturated rings. The Bertz CT molecular complexity index is 2350. The Kier molecular flexibility index (Phi) is 5.68. The number of anilines is 2. The second-order valence-electron chi connectivity index (χ2n) is 15.5. The predicted octanol–water partition coefficient (Wildman–Crippen LogP) is 12.3. The lowest BCUT2D eigenvalue weighted by molar-refractivity contribution is 0.586.